The first-order chi connectivity index (χ1) is 10.8. The molecule has 2 saturated heterocycles. The minimum Gasteiger partial charge on any atom is -0.480 e. The average Bonchev–Trinajstić information content (AvgIpc) is 3.03. The standard InChI is InChI=1S/C17H25N3O2/c1-22-16-15(6-5-8-18-16)17(21)20-11-7-14(13-20)12-19-9-3-2-4-10-19/h5-6,8,14H,2-4,7,9-13H2,1H3. The molecule has 120 valence electrons. The van der Waals surface area contributed by atoms with Gasteiger partial charge in [-0.3, -0.25) is 4.79 Å². The minimum absolute atomic E-state index is 0.0473. The number of hydrogen-bond donors (Lipinski definition) is 0. The van der Waals surface area contributed by atoms with E-state index in [1.807, 2.05) is 4.90 Å². The molecule has 0 saturated carbocycles. The number of pyridine rings is 1. The highest BCUT2D eigenvalue weighted by atomic mass is 16.5. The molecule has 1 unspecified atom stereocenters. The number of aromatic nitrogens is 1. The number of ether oxygens (including phenoxy) is 1. The molecule has 1 aromatic rings. The number of methoxy groups -OCH3 is 1. The molecule has 5 nitrogen and oxygen atoms in total. The van der Waals surface area contributed by atoms with Gasteiger partial charge in [-0.15, -0.1) is 0 Å². The Morgan fingerprint density at radius 1 is 1.32 bits per heavy atom. The maximum atomic E-state index is 12.7. The summed E-state index contributed by atoms with van der Waals surface area (Å²) in [6, 6.07) is 3.59. The molecule has 0 radical (unpaired) electrons. The molecule has 5 heteroatoms. The molecule has 1 atom stereocenters. The van der Waals surface area contributed by atoms with E-state index in [9.17, 15) is 4.79 Å². The fourth-order valence-electron chi connectivity index (χ4n) is 3.56. The van der Waals surface area contributed by atoms with Crippen molar-refractivity contribution in [3.63, 3.8) is 0 Å². The first-order valence-electron chi connectivity index (χ1n) is 8.28. The zero-order chi connectivity index (χ0) is 15.4. The molecule has 3 heterocycles. The number of nitrogens with zero attached hydrogens (tertiary/aromatic N) is 3. The van der Waals surface area contributed by atoms with E-state index >= 15 is 0 Å². The third kappa shape index (κ3) is 3.40. The van der Waals surface area contributed by atoms with Crippen LogP contribution in [0.15, 0.2) is 18.3 Å². The maximum absolute atomic E-state index is 12.7. The third-order valence-corrected chi connectivity index (χ3v) is 4.73. The largest absolute Gasteiger partial charge is 0.480 e. The summed E-state index contributed by atoms with van der Waals surface area (Å²) in [5.41, 5.74) is 0.573. The molecule has 3 rings (SSSR count). The van der Waals surface area contributed by atoms with Crippen LogP contribution in [0, 0.1) is 5.92 Å². The number of carbonyl (C=O) groups excluding carboxylic acids is 1. The van der Waals surface area contributed by atoms with E-state index in [-0.39, 0.29) is 5.91 Å². The van der Waals surface area contributed by atoms with Gasteiger partial charge in [0.2, 0.25) is 5.88 Å². The molecule has 1 aromatic heterocycles. The Kier molecular flexibility index (Phi) is 4.93. The topological polar surface area (TPSA) is 45.7 Å². The molecule has 0 bridgehead atoms. The predicted molar refractivity (Wildman–Crippen MR) is 85.1 cm³/mol. The van der Waals surface area contributed by atoms with Crippen molar-refractivity contribution in [3.8, 4) is 5.88 Å². The average molecular weight is 303 g/mol. The smallest absolute Gasteiger partial charge is 0.259 e. The Labute approximate surface area is 132 Å². The summed E-state index contributed by atoms with van der Waals surface area (Å²) < 4.78 is 5.21. The van der Waals surface area contributed by atoms with Crippen LogP contribution in [0.4, 0.5) is 0 Å². The highest BCUT2D eigenvalue weighted by Gasteiger charge is 2.30. The molecule has 0 aromatic carbocycles. The molecule has 0 N–H and O–H groups in total. The molecule has 22 heavy (non-hydrogen) atoms. The van der Waals surface area contributed by atoms with Crippen LogP contribution in [-0.2, 0) is 0 Å². The van der Waals surface area contributed by atoms with Crippen LogP contribution in [0.25, 0.3) is 0 Å². The highest BCUT2D eigenvalue weighted by Crippen LogP contribution is 2.23. The Morgan fingerprint density at radius 3 is 2.91 bits per heavy atom. The lowest BCUT2D eigenvalue weighted by molar-refractivity contribution is 0.0778. The van der Waals surface area contributed by atoms with Crippen molar-refractivity contribution < 1.29 is 9.53 Å². The molecule has 2 fully saturated rings. The summed E-state index contributed by atoms with van der Waals surface area (Å²) >= 11 is 0. The van der Waals surface area contributed by atoms with Gasteiger partial charge in [0.05, 0.1) is 7.11 Å². The van der Waals surface area contributed by atoms with Crippen molar-refractivity contribution in [3.05, 3.63) is 23.9 Å². The van der Waals surface area contributed by atoms with Crippen LogP contribution >= 0.6 is 0 Å². The van der Waals surface area contributed by atoms with Gasteiger partial charge in [0, 0.05) is 25.8 Å². The SMILES string of the molecule is COc1ncccc1C(=O)N1CCC(CN2CCCCC2)C1. The highest BCUT2D eigenvalue weighted by molar-refractivity contribution is 5.96. The van der Waals surface area contributed by atoms with E-state index in [0.717, 1.165) is 26.1 Å². The van der Waals surface area contributed by atoms with Crippen LogP contribution in [-0.4, -0.2) is 60.5 Å². The quantitative estimate of drug-likeness (QED) is 0.854. The Morgan fingerprint density at radius 2 is 2.14 bits per heavy atom. The van der Waals surface area contributed by atoms with E-state index in [1.165, 1.54) is 32.4 Å². The second-order valence-electron chi connectivity index (χ2n) is 6.33. The number of piperidine rings is 1. The minimum atomic E-state index is 0.0473. The van der Waals surface area contributed by atoms with Gasteiger partial charge in [-0.25, -0.2) is 4.98 Å². The number of carbonyl (C=O) groups is 1. The lowest BCUT2D eigenvalue weighted by Gasteiger charge is -2.29. The second-order valence-corrected chi connectivity index (χ2v) is 6.33. The summed E-state index contributed by atoms with van der Waals surface area (Å²) in [5, 5.41) is 0. The van der Waals surface area contributed by atoms with E-state index < -0.39 is 0 Å². The number of hydrogen-bond acceptors (Lipinski definition) is 4. The van der Waals surface area contributed by atoms with Crippen molar-refractivity contribution in [2.24, 2.45) is 5.92 Å². The summed E-state index contributed by atoms with van der Waals surface area (Å²) in [5.74, 6) is 1.07. The summed E-state index contributed by atoms with van der Waals surface area (Å²) in [7, 11) is 1.56. The first kappa shape index (κ1) is 15.3. The molecular formula is C17H25N3O2. The maximum Gasteiger partial charge on any atom is 0.259 e. The lowest BCUT2D eigenvalue weighted by atomic mass is 10.1. The summed E-state index contributed by atoms with van der Waals surface area (Å²) in [4.78, 5) is 21.3. The monoisotopic (exact) mass is 303 g/mol. The van der Waals surface area contributed by atoms with Gasteiger partial charge >= 0.3 is 0 Å². The van der Waals surface area contributed by atoms with Crippen molar-refractivity contribution in [1.82, 2.24) is 14.8 Å². The van der Waals surface area contributed by atoms with Crippen LogP contribution in [0.3, 0.4) is 0 Å². The van der Waals surface area contributed by atoms with Crippen molar-refractivity contribution >= 4 is 5.91 Å². The van der Waals surface area contributed by atoms with E-state index in [0.29, 0.717) is 17.4 Å². The normalized spacial score (nSPS) is 22.8. The van der Waals surface area contributed by atoms with E-state index in [4.69, 9.17) is 4.74 Å². The molecule has 2 aliphatic rings. The van der Waals surface area contributed by atoms with Crippen LogP contribution in [0.2, 0.25) is 0 Å². The number of rotatable bonds is 4. The zero-order valence-electron chi connectivity index (χ0n) is 13.3. The van der Waals surface area contributed by atoms with Gasteiger partial charge in [0.25, 0.3) is 5.91 Å². The van der Waals surface area contributed by atoms with Crippen LogP contribution in [0.5, 0.6) is 5.88 Å². The van der Waals surface area contributed by atoms with Gasteiger partial charge in [0.1, 0.15) is 5.56 Å². The fraction of sp³-hybridized carbons (Fsp3) is 0.647. The molecular weight excluding hydrogens is 278 g/mol. The molecule has 1 amide bonds. The summed E-state index contributed by atoms with van der Waals surface area (Å²) in [6.07, 6.45) is 6.76. The Balaban J connectivity index is 1.58. The van der Waals surface area contributed by atoms with Gasteiger partial charge in [0.15, 0.2) is 0 Å². The first-order valence-corrected chi connectivity index (χ1v) is 8.28. The molecule has 0 spiro atoms. The van der Waals surface area contributed by atoms with Gasteiger partial charge < -0.3 is 14.5 Å². The zero-order valence-corrected chi connectivity index (χ0v) is 13.3. The Bertz CT molecular complexity index is 514. The predicted octanol–water partition coefficient (Wildman–Crippen LogP) is 2.04. The number of amides is 1. The van der Waals surface area contributed by atoms with Crippen molar-refractivity contribution in [2.45, 2.75) is 25.7 Å². The second kappa shape index (κ2) is 7.09. The fourth-order valence-corrected chi connectivity index (χ4v) is 3.56. The third-order valence-electron chi connectivity index (χ3n) is 4.73. The van der Waals surface area contributed by atoms with Crippen molar-refractivity contribution in [1.29, 1.82) is 0 Å². The van der Waals surface area contributed by atoms with Crippen molar-refractivity contribution in [2.75, 3.05) is 39.8 Å². The molecule has 0 aliphatic carbocycles. The number of likely N-dealkylation sites (tertiary alicyclic amines) is 2. The van der Waals surface area contributed by atoms with Crippen LogP contribution < -0.4 is 4.74 Å². The van der Waals surface area contributed by atoms with E-state index in [2.05, 4.69) is 9.88 Å². The van der Waals surface area contributed by atoms with Gasteiger partial charge in [-0.2, -0.15) is 0 Å². The van der Waals surface area contributed by atoms with Crippen LogP contribution in [0.1, 0.15) is 36.0 Å². The van der Waals surface area contributed by atoms with Gasteiger partial charge in [-0.05, 0) is 50.4 Å². The van der Waals surface area contributed by atoms with Gasteiger partial charge in [-0.1, -0.05) is 6.42 Å². The van der Waals surface area contributed by atoms with E-state index in [1.54, 1.807) is 25.4 Å². The molecule has 2 aliphatic heterocycles. The Hall–Kier alpha value is -1.62. The summed E-state index contributed by atoms with van der Waals surface area (Å²) in [6.45, 7) is 5.28. The lowest BCUT2D eigenvalue weighted by Crippen LogP contribution is -2.36.